The summed E-state index contributed by atoms with van der Waals surface area (Å²) in [5.41, 5.74) is 1.11. The first kappa shape index (κ1) is 11.5. The summed E-state index contributed by atoms with van der Waals surface area (Å²) < 4.78 is 0. The second kappa shape index (κ2) is 4.93. The molecule has 1 saturated heterocycles. The van der Waals surface area contributed by atoms with E-state index in [1.54, 1.807) is 0 Å². The Labute approximate surface area is 94.8 Å². The zero-order valence-electron chi connectivity index (χ0n) is 9.03. The van der Waals surface area contributed by atoms with Gasteiger partial charge in [-0.05, 0) is 5.56 Å². The van der Waals surface area contributed by atoms with Gasteiger partial charge in [0.05, 0.1) is 24.9 Å². The molecule has 1 aliphatic rings. The molecule has 16 heavy (non-hydrogen) atoms. The minimum atomic E-state index is -0.853. The Morgan fingerprint density at radius 2 is 1.88 bits per heavy atom. The fourth-order valence-corrected chi connectivity index (χ4v) is 2.18. The lowest BCUT2D eigenvalue weighted by Crippen LogP contribution is -2.38. The number of hydrogen-bond donors (Lipinski definition) is 3. The second-order valence-corrected chi connectivity index (χ2v) is 4.22. The first-order valence-electron chi connectivity index (χ1n) is 5.47. The van der Waals surface area contributed by atoms with Crippen molar-refractivity contribution in [3.63, 3.8) is 0 Å². The van der Waals surface area contributed by atoms with Crippen LogP contribution >= 0.6 is 0 Å². The van der Waals surface area contributed by atoms with E-state index in [-0.39, 0.29) is 12.6 Å². The molecule has 0 spiro atoms. The third-order valence-corrected chi connectivity index (χ3v) is 3.09. The molecule has 1 heterocycles. The predicted octanol–water partition coefficient (Wildman–Crippen LogP) is -0.415. The zero-order valence-corrected chi connectivity index (χ0v) is 9.03. The van der Waals surface area contributed by atoms with Crippen molar-refractivity contribution in [2.24, 2.45) is 0 Å². The van der Waals surface area contributed by atoms with Gasteiger partial charge < -0.3 is 15.3 Å². The van der Waals surface area contributed by atoms with Crippen LogP contribution in [0.2, 0.25) is 0 Å². The highest BCUT2D eigenvalue weighted by atomic mass is 16.3. The molecule has 1 aliphatic heterocycles. The fourth-order valence-electron chi connectivity index (χ4n) is 2.18. The predicted molar refractivity (Wildman–Crippen MR) is 59.7 cm³/mol. The quantitative estimate of drug-likeness (QED) is 0.651. The summed E-state index contributed by atoms with van der Waals surface area (Å²) in [6.07, 6.45) is -1.62. The number of aliphatic hydroxyl groups is 3. The topological polar surface area (TPSA) is 63.9 Å². The third kappa shape index (κ3) is 2.25. The molecule has 2 rings (SSSR count). The fraction of sp³-hybridized carbons (Fsp3) is 0.500. The van der Waals surface area contributed by atoms with Gasteiger partial charge >= 0.3 is 0 Å². The lowest BCUT2D eigenvalue weighted by Gasteiger charge is -2.23. The van der Waals surface area contributed by atoms with Gasteiger partial charge in [-0.25, -0.2) is 0 Å². The van der Waals surface area contributed by atoms with Crippen molar-refractivity contribution in [2.75, 3.05) is 13.2 Å². The van der Waals surface area contributed by atoms with Crippen LogP contribution < -0.4 is 0 Å². The smallest absolute Gasteiger partial charge is 0.0988 e. The average Bonchev–Trinajstić information content (AvgIpc) is 2.56. The van der Waals surface area contributed by atoms with E-state index in [1.165, 1.54) is 0 Å². The van der Waals surface area contributed by atoms with E-state index in [2.05, 4.69) is 0 Å². The summed E-state index contributed by atoms with van der Waals surface area (Å²) >= 11 is 0. The number of β-amino-alcohol motifs (C(OH)–C–C–N with tert-alkyl or cyclic N) is 1. The maximum Gasteiger partial charge on any atom is 0.0988 e. The maximum absolute atomic E-state index is 9.65. The molecule has 3 atom stereocenters. The van der Waals surface area contributed by atoms with Crippen LogP contribution in [0, 0.1) is 0 Å². The molecular formula is C12H17NO3. The Balaban J connectivity index is 2.05. The Bertz CT molecular complexity index is 330. The average molecular weight is 223 g/mol. The van der Waals surface area contributed by atoms with Crippen molar-refractivity contribution in [2.45, 2.75) is 24.8 Å². The summed E-state index contributed by atoms with van der Waals surface area (Å²) in [6.45, 7) is 0.909. The first-order valence-corrected chi connectivity index (χ1v) is 5.47. The van der Waals surface area contributed by atoms with Gasteiger partial charge in [-0.2, -0.15) is 0 Å². The van der Waals surface area contributed by atoms with Crippen LogP contribution in [0.5, 0.6) is 0 Å². The summed E-state index contributed by atoms with van der Waals surface area (Å²) in [6, 6.07) is 9.46. The Hall–Kier alpha value is -0.940. The van der Waals surface area contributed by atoms with Crippen LogP contribution in [0.4, 0.5) is 0 Å². The minimum Gasteiger partial charge on any atom is -0.395 e. The van der Waals surface area contributed by atoms with Crippen LogP contribution in [0.15, 0.2) is 30.3 Å². The molecule has 0 bridgehead atoms. The van der Waals surface area contributed by atoms with E-state index in [9.17, 15) is 15.3 Å². The first-order chi connectivity index (χ1) is 7.72. The van der Waals surface area contributed by atoms with Crippen LogP contribution in [-0.4, -0.2) is 51.6 Å². The van der Waals surface area contributed by atoms with Crippen LogP contribution in [0.25, 0.3) is 0 Å². The molecule has 0 unspecified atom stereocenters. The van der Waals surface area contributed by atoms with Gasteiger partial charge in [0.25, 0.3) is 0 Å². The molecule has 0 saturated carbocycles. The summed E-state index contributed by atoms with van der Waals surface area (Å²) in [4.78, 5) is 1.91. The Kier molecular flexibility index (Phi) is 3.56. The van der Waals surface area contributed by atoms with Gasteiger partial charge in [-0.15, -0.1) is 0 Å². The molecule has 0 aliphatic carbocycles. The van der Waals surface area contributed by atoms with E-state index in [0.717, 1.165) is 5.56 Å². The van der Waals surface area contributed by atoms with E-state index in [1.807, 2.05) is 35.2 Å². The molecule has 0 radical (unpaired) electrons. The molecule has 88 valence electrons. The lowest BCUT2D eigenvalue weighted by atomic mass is 10.1. The number of hydrogen-bond acceptors (Lipinski definition) is 4. The van der Waals surface area contributed by atoms with Crippen LogP contribution in [0.3, 0.4) is 0 Å². The van der Waals surface area contributed by atoms with E-state index in [0.29, 0.717) is 13.1 Å². The molecule has 3 N–H and O–H groups in total. The summed E-state index contributed by atoms with van der Waals surface area (Å²) in [5.74, 6) is 0. The van der Waals surface area contributed by atoms with Crippen LogP contribution in [0.1, 0.15) is 5.56 Å². The van der Waals surface area contributed by atoms with Crippen molar-refractivity contribution in [1.82, 2.24) is 4.90 Å². The van der Waals surface area contributed by atoms with Crippen molar-refractivity contribution in [3.05, 3.63) is 35.9 Å². The van der Waals surface area contributed by atoms with Crippen molar-refractivity contribution in [1.29, 1.82) is 0 Å². The highest BCUT2D eigenvalue weighted by Gasteiger charge is 2.38. The molecule has 0 aromatic heterocycles. The highest BCUT2D eigenvalue weighted by Crippen LogP contribution is 2.20. The third-order valence-electron chi connectivity index (χ3n) is 3.09. The number of benzene rings is 1. The van der Waals surface area contributed by atoms with Gasteiger partial charge in [0.15, 0.2) is 0 Å². The van der Waals surface area contributed by atoms with E-state index < -0.39 is 12.2 Å². The maximum atomic E-state index is 9.65. The number of nitrogens with zero attached hydrogens (tertiary/aromatic N) is 1. The normalized spacial score (nSPS) is 30.8. The summed E-state index contributed by atoms with van der Waals surface area (Å²) in [7, 11) is 0. The van der Waals surface area contributed by atoms with Gasteiger partial charge in [0.1, 0.15) is 0 Å². The Morgan fingerprint density at radius 3 is 2.50 bits per heavy atom. The molecule has 4 heteroatoms. The van der Waals surface area contributed by atoms with E-state index in [4.69, 9.17) is 0 Å². The van der Waals surface area contributed by atoms with Crippen LogP contribution in [-0.2, 0) is 6.54 Å². The Morgan fingerprint density at radius 1 is 1.19 bits per heavy atom. The van der Waals surface area contributed by atoms with Gasteiger partial charge in [-0.3, -0.25) is 4.90 Å². The molecule has 1 aromatic rings. The largest absolute Gasteiger partial charge is 0.395 e. The number of likely N-dealkylation sites (tertiary alicyclic amines) is 1. The summed E-state index contributed by atoms with van der Waals surface area (Å²) in [5, 5.41) is 28.4. The highest BCUT2D eigenvalue weighted by molar-refractivity contribution is 5.15. The van der Waals surface area contributed by atoms with Gasteiger partial charge in [0, 0.05) is 13.1 Å². The SMILES string of the molecule is OC[C@@H]1[C@H](O)[C@H](O)CN1Cc1ccccc1. The lowest BCUT2D eigenvalue weighted by molar-refractivity contribution is 0.0210. The molecular weight excluding hydrogens is 206 g/mol. The van der Waals surface area contributed by atoms with Gasteiger partial charge in [0.2, 0.25) is 0 Å². The standard InChI is InChI=1S/C12H17NO3/c14-8-10-12(16)11(15)7-13(10)6-9-4-2-1-3-5-9/h1-5,10-12,14-16H,6-8H2/t10-,11-,12+/m1/s1. The molecule has 1 aromatic carbocycles. The monoisotopic (exact) mass is 223 g/mol. The van der Waals surface area contributed by atoms with E-state index >= 15 is 0 Å². The second-order valence-electron chi connectivity index (χ2n) is 4.22. The minimum absolute atomic E-state index is 0.134. The van der Waals surface area contributed by atoms with Gasteiger partial charge in [-0.1, -0.05) is 30.3 Å². The molecule has 0 amide bonds. The zero-order chi connectivity index (χ0) is 11.5. The number of rotatable bonds is 3. The molecule has 1 fully saturated rings. The van der Waals surface area contributed by atoms with Crippen molar-refractivity contribution >= 4 is 0 Å². The van der Waals surface area contributed by atoms with Crippen molar-refractivity contribution in [3.8, 4) is 0 Å². The van der Waals surface area contributed by atoms with Crippen molar-refractivity contribution < 1.29 is 15.3 Å². The molecule has 4 nitrogen and oxygen atoms in total. The number of aliphatic hydroxyl groups excluding tert-OH is 3.